The summed E-state index contributed by atoms with van der Waals surface area (Å²) in [5.74, 6) is -1.34. The first-order chi connectivity index (χ1) is 66.5. The molecule has 12 aromatic rings. The third-order valence-electron chi connectivity index (χ3n) is 28.9. The van der Waals surface area contributed by atoms with Crippen LogP contribution in [0.2, 0.25) is 0 Å². The molecule has 9 heterocycles. The Morgan fingerprint density at radius 3 is 1.14 bits per heavy atom. The number of piperidine rings is 4. The molecule has 0 radical (unpaired) electrons. The Bertz CT molecular complexity index is 7080. The SMILES string of the molecule is C=C(C(C)C)N1CCC(c2cn(C)c3ccc(CS(=O)(=O)c4ccc(F)c(O[C@@H]5CCOC5)c4)cc23)CC1.CC(C)C(=O)N1CCC(c2cn(C)c3ccc(CS(=O)(=O)c4ccc(F)c(O)c4)cc23)CC1.COc1cc(S(=O)(=O)Cc2ccc3c(c2)c(C2CCN(C(=O)C(C)C)CC2)cn3C)ccc1F.C[C@H]1C[C@H](c2cn(C)c3ccc(CS(=O)(=O)c4ccc(F)cc4)cc23)CCN1C(=O)C1CCCC1. The fraction of sp³-hybridized carbons (Fsp3) is 0.440. The van der Waals surface area contributed by atoms with Crippen molar-refractivity contribution in [3.63, 3.8) is 0 Å². The fourth-order valence-electron chi connectivity index (χ4n) is 21.0. The van der Waals surface area contributed by atoms with Gasteiger partial charge in [-0.15, -0.1) is 0 Å². The third-order valence-corrected chi connectivity index (χ3v) is 35.7. The van der Waals surface area contributed by atoms with E-state index >= 15 is 0 Å². The fourth-order valence-corrected chi connectivity index (χ4v) is 26.4. The molecule has 1 saturated carbocycles. The minimum absolute atomic E-state index is 0.000289. The Labute approximate surface area is 820 Å². The zero-order valence-corrected chi connectivity index (χ0v) is 85.3. The first-order valence-corrected chi connectivity index (χ1v) is 55.3. The highest BCUT2D eigenvalue weighted by Gasteiger charge is 2.38. The van der Waals surface area contributed by atoms with E-state index in [0.717, 1.165) is 196 Å². The number of likely N-dealkylation sites (tertiary alicyclic amines) is 4. The number of methoxy groups -OCH3 is 1. The molecule has 1 aliphatic carbocycles. The summed E-state index contributed by atoms with van der Waals surface area (Å²) in [5, 5.41) is 13.8. The van der Waals surface area contributed by atoms with Crippen LogP contribution in [0.1, 0.15) is 200 Å². The molecule has 0 spiro atoms. The van der Waals surface area contributed by atoms with E-state index in [2.05, 4.69) is 75.6 Å². The molecular weight excluding hydrogens is 1870 g/mol. The van der Waals surface area contributed by atoms with Gasteiger partial charge in [-0.25, -0.2) is 51.2 Å². The number of fused-ring (bicyclic) bond motifs is 4. The number of carbonyl (C=O) groups excluding carboxylic acids is 3. The van der Waals surface area contributed by atoms with Crippen LogP contribution >= 0.6 is 0 Å². The minimum Gasteiger partial charge on any atom is -0.505 e. The molecule has 3 amide bonds. The van der Waals surface area contributed by atoms with Crippen LogP contribution < -0.4 is 9.47 Å². The van der Waals surface area contributed by atoms with Crippen molar-refractivity contribution in [3.05, 3.63) is 256 Å². The van der Waals surface area contributed by atoms with Gasteiger partial charge in [0.25, 0.3) is 0 Å². The molecule has 5 saturated heterocycles. The molecule has 6 fully saturated rings. The number of phenolic OH excluding ortho intramolecular Hbond substituents is 1. The molecule has 748 valence electrons. The van der Waals surface area contributed by atoms with Crippen molar-refractivity contribution >= 4 is 101 Å². The van der Waals surface area contributed by atoms with E-state index in [-0.39, 0.29) is 95.8 Å². The first-order valence-electron chi connectivity index (χ1n) is 48.7. The van der Waals surface area contributed by atoms with Crippen molar-refractivity contribution in [3.8, 4) is 17.2 Å². The average Bonchev–Trinajstić information content (AvgIpc) is 1.60. The van der Waals surface area contributed by atoms with Gasteiger partial charge >= 0.3 is 0 Å². The topological polar surface area (TPSA) is 268 Å². The molecule has 4 aromatic heterocycles. The van der Waals surface area contributed by atoms with Crippen molar-refractivity contribution in [1.29, 1.82) is 0 Å². The molecule has 5 aliphatic heterocycles. The first kappa shape index (κ1) is 103. The number of aromatic nitrogens is 4. The van der Waals surface area contributed by atoms with E-state index in [1.54, 1.807) is 6.07 Å². The molecule has 140 heavy (non-hydrogen) atoms. The van der Waals surface area contributed by atoms with Gasteiger partial charge in [0.15, 0.2) is 74.0 Å². The van der Waals surface area contributed by atoms with E-state index in [4.69, 9.17) is 14.2 Å². The monoisotopic (exact) mass is 1990 g/mol. The highest BCUT2D eigenvalue weighted by Crippen LogP contribution is 2.44. The largest absolute Gasteiger partial charge is 0.505 e. The highest BCUT2D eigenvalue weighted by atomic mass is 32.2. The summed E-state index contributed by atoms with van der Waals surface area (Å²) in [6.45, 7) is 25.1. The molecule has 8 aromatic carbocycles. The Kier molecular flexibility index (Phi) is 31.9. The summed E-state index contributed by atoms with van der Waals surface area (Å²) in [5.41, 5.74) is 13.0. The number of hydrogen-bond donors (Lipinski definition) is 1. The Morgan fingerprint density at radius 1 is 0.421 bits per heavy atom. The van der Waals surface area contributed by atoms with Crippen LogP contribution in [0.3, 0.4) is 0 Å². The summed E-state index contributed by atoms with van der Waals surface area (Å²) >= 11 is 0. The number of aryl methyl sites for hydroxylation is 4. The number of phenols is 1. The van der Waals surface area contributed by atoms with Gasteiger partial charge < -0.3 is 57.2 Å². The minimum atomic E-state index is -3.75. The second-order valence-electron chi connectivity index (χ2n) is 39.8. The Balaban J connectivity index is 0.000000141. The average molecular weight is 2000 g/mol. The van der Waals surface area contributed by atoms with Crippen LogP contribution in [0, 0.1) is 46.9 Å². The predicted molar refractivity (Wildman–Crippen MR) is 538 cm³/mol. The molecule has 1 N–H and O–H groups in total. The lowest BCUT2D eigenvalue weighted by Crippen LogP contribution is -2.46. The number of nitrogens with zero attached hydrogens (tertiary/aromatic N) is 8. The zero-order valence-electron chi connectivity index (χ0n) is 82.0. The quantitative estimate of drug-likeness (QED) is 0.0435. The second-order valence-corrected chi connectivity index (χ2v) is 47.7. The third kappa shape index (κ3) is 23.4. The smallest absolute Gasteiger partial charge is 0.225 e. The van der Waals surface area contributed by atoms with Gasteiger partial charge in [-0.1, -0.05) is 85.2 Å². The zero-order chi connectivity index (χ0) is 100. The van der Waals surface area contributed by atoms with Gasteiger partial charge in [-0.2, -0.15) is 0 Å². The van der Waals surface area contributed by atoms with E-state index < -0.39 is 68.4 Å². The summed E-state index contributed by atoms with van der Waals surface area (Å²) in [6.07, 6.45) is 20.8. The van der Waals surface area contributed by atoms with E-state index in [1.165, 1.54) is 89.7 Å². The number of rotatable bonds is 24. The van der Waals surface area contributed by atoms with Gasteiger partial charge in [0.05, 0.1) is 62.9 Å². The predicted octanol–water partition coefficient (Wildman–Crippen LogP) is 20.4. The highest BCUT2D eigenvalue weighted by molar-refractivity contribution is 7.91. The number of ether oxygens (including phenoxy) is 3. The molecule has 31 heteroatoms. The molecule has 3 atom stereocenters. The van der Waals surface area contributed by atoms with Crippen molar-refractivity contribution in [2.75, 3.05) is 66.1 Å². The molecule has 6 aliphatic rings. The summed E-state index contributed by atoms with van der Waals surface area (Å²) < 4.78 is 183. The molecular formula is C109H130F4N8O15S4. The number of aromatic hydroxyl groups is 1. The Morgan fingerprint density at radius 2 is 0.771 bits per heavy atom. The van der Waals surface area contributed by atoms with Gasteiger partial charge in [-0.05, 0) is 254 Å². The lowest BCUT2D eigenvalue weighted by Gasteiger charge is -2.39. The maximum atomic E-state index is 14.4. The van der Waals surface area contributed by atoms with E-state index in [1.807, 2.05) is 137 Å². The van der Waals surface area contributed by atoms with Gasteiger partial charge in [-0.3, -0.25) is 14.4 Å². The Hall–Kier alpha value is -11.3. The number of sulfone groups is 4. The van der Waals surface area contributed by atoms with Crippen LogP contribution in [0.4, 0.5) is 17.6 Å². The van der Waals surface area contributed by atoms with Gasteiger partial charge in [0.2, 0.25) is 17.7 Å². The molecule has 23 nitrogen and oxygen atoms in total. The number of benzene rings is 8. The maximum absolute atomic E-state index is 14.4. The van der Waals surface area contributed by atoms with Crippen LogP contribution in [-0.4, -0.2) is 173 Å². The number of carbonyl (C=O) groups is 3. The van der Waals surface area contributed by atoms with Crippen molar-refractivity contribution in [1.82, 2.24) is 37.9 Å². The summed E-state index contributed by atoms with van der Waals surface area (Å²) in [6, 6.07) is 38.7. The number of amides is 3. The normalized spacial score (nSPS) is 17.9. The van der Waals surface area contributed by atoms with Crippen LogP contribution in [-0.2, 0) is 110 Å². The molecule has 18 rings (SSSR count). The lowest BCUT2D eigenvalue weighted by atomic mass is 9.85. The van der Waals surface area contributed by atoms with Crippen LogP contribution in [0.15, 0.2) is 208 Å². The van der Waals surface area contributed by atoms with E-state index in [0.29, 0.717) is 71.8 Å². The molecule has 0 bridgehead atoms. The van der Waals surface area contributed by atoms with E-state index in [9.17, 15) is 70.7 Å². The van der Waals surface area contributed by atoms with Gasteiger partial charge in [0, 0.05) is 197 Å². The summed E-state index contributed by atoms with van der Waals surface area (Å²) in [4.78, 5) is 46.2. The number of halogens is 4. The second kappa shape index (κ2) is 43.3. The van der Waals surface area contributed by atoms with Crippen molar-refractivity contribution < 1.29 is 84.9 Å². The lowest BCUT2D eigenvalue weighted by molar-refractivity contribution is -0.139. The van der Waals surface area contributed by atoms with Crippen molar-refractivity contribution in [2.24, 2.45) is 51.9 Å². The maximum Gasteiger partial charge on any atom is 0.225 e. The van der Waals surface area contributed by atoms with Crippen molar-refractivity contribution in [2.45, 2.75) is 210 Å². The van der Waals surface area contributed by atoms with Crippen LogP contribution in [0.5, 0.6) is 17.2 Å². The molecule has 0 unspecified atom stereocenters. The van der Waals surface area contributed by atoms with Gasteiger partial charge in [0.1, 0.15) is 11.9 Å². The number of allylic oxidation sites excluding steroid dienone is 1. The van der Waals surface area contributed by atoms with Crippen LogP contribution in [0.25, 0.3) is 43.6 Å². The summed E-state index contributed by atoms with van der Waals surface area (Å²) in [7, 11) is -5.41. The standard InChI is InChI=1S/C30H37FN2O4S.C28H33FN2O3S.C26H31FN2O4S.C25H29FN2O4S/c1-20(2)21(3)33-12-9-23(10-13-33)27-17-32(4)29-8-5-22(15-26(27)29)19-38(34,35)25-6-7-28(31)30(16-25)37-24-11-14-36-18-24;1-19-15-22(13-14-31(19)28(32)21-5-3-4-6-21)26-17-30(2)27-12-7-20(16-25(26)27)18-35(33,34)24-10-8-23(29)9-11-24;1-17(2)26(30)29-11-9-19(10-12-29)22-15-28(3)24-8-5-18(13-21(22)24)16-34(31,32)20-6-7-23(27)25(14-20)33-4;1-16(2)25(30)28-10-8-18(9-11-28)21-14-27(3)23-7-4-17(12-20(21)23)15-33(31,32)19-5-6-22(26)24(29)13-19/h5-8,15-17,20,23-24H,3,9-14,18-19H2,1-2,4H3;7-12,16-17,19,21-22H,3-6,13-15,18H2,1-2H3;5-8,13-15,17,19H,9-12,16H2,1-4H3;4-7,12-14,16,18,29H,8-11,15H2,1-3H3/t24-;19-,22+;;/m10../s1. The number of hydrogen-bond acceptors (Lipinski definition) is 16.